The molecular weight excluding hydrogens is 220 g/mol. The third-order valence-electron chi connectivity index (χ3n) is 3.96. The Kier molecular flexibility index (Phi) is 3.89. The first-order valence-electron chi connectivity index (χ1n) is 6.36. The van der Waals surface area contributed by atoms with Crippen LogP contribution in [0.4, 0.5) is 4.79 Å². The topological polar surface area (TPSA) is 59.6 Å². The van der Waals surface area contributed by atoms with Gasteiger partial charge in [-0.05, 0) is 32.6 Å². The molecule has 2 aliphatic rings. The summed E-state index contributed by atoms with van der Waals surface area (Å²) in [7, 11) is 1.71. The van der Waals surface area contributed by atoms with Crippen molar-refractivity contribution in [2.75, 3.05) is 20.3 Å². The van der Waals surface area contributed by atoms with E-state index in [1.54, 1.807) is 7.11 Å². The number of methoxy groups -OCH3 is 1. The minimum Gasteiger partial charge on any atom is -0.376 e. The third-order valence-corrected chi connectivity index (χ3v) is 3.96. The van der Waals surface area contributed by atoms with E-state index in [0.29, 0.717) is 6.54 Å². The largest absolute Gasteiger partial charge is 0.376 e. The second-order valence-corrected chi connectivity index (χ2v) is 5.04. The summed E-state index contributed by atoms with van der Waals surface area (Å²) in [6.07, 6.45) is 4.26. The van der Waals surface area contributed by atoms with Crippen molar-refractivity contribution in [3.63, 3.8) is 0 Å². The molecule has 5 heteroatoms. The van der Waals surface area contributed by atoms with Crippen LogP contribution in [0.5, 0.6) is 0 Å². The molecule has 2 amide bonds. The molecule has 0 bridgehead atoms. The van der Waals surface area contributed by atoms with E-state index in [1.807, 2.05) is 6.92 Å². The fraction of sp³-hybridized carbons (Fsp3) is 0.917. The monoisotopic (exact) mass is 242 g/mol. The average Bonchev–Trinajstić information content (AvgIpc) is 2.64. The third kappa shape index (κ3) is 2.90. The summed E-state index contributed by atoms with van der Waals surface area (Å²) in [5.41, 5.74) is -0.116. The van der Waals surface area contributed by atoms with Crippen LogP contribution in [0.15, 0.2) is 0 Å². The molecule has 0 aromatic carbocycles. The summed E-state index contributed by atoms with van der Waals surface area (Å²) in [5, 5.41) is 5.84. The highest BCUT2D eigenvalue weighted by atomic mass is 16.5. The van der Waals surface area contributed by atoms with Crippen LogP contribution in [0.3, 0.4) is 0 Å². The Morgan fingerprint density at radius 3 is 2.76 bits per heavy atom. The molecule has 0 aromatic heterocycles. The maximum Gasteiger partial charge on any atom is 0.315 e. The highest BCUT2D eigenvalue weighted by Gasteiger charge is 2.37. The number of hydrogen-bond donors (Lipinski definition) is 2. The molecule has 17 heavy (non-hydrogen) atoms. The molecular formula is C12H22N2O3. The zero-order valence-electron chi connectivity index (χ0n) is 10.6. The molecule has 2 atom stereocenters. The van der Waals surface area contributed by atoms with E-state index in [1.165, 1.54) is 6.42 Å². The van der Waals surface area contributed by atoms with E-state index in [9.17, 15) is 4.79 Å². The first kappa shape index (κ1) is 12.6. The van der Waals surface area contributed by atoms with Crippen LogP contribution in [-0.4, -0.2) is 44.0 Å². The molecule has 1 aliphatic carbocycles. The van der Waals surface area contributed by atoms with Gasteiger partial charge in [-0.25, -0.2) is 4.79 Å². The van der Waals surface area contributed by atoms with Crippen molar-refractivity contribution in [2.24, 2.45) is 0 Å². The van der Waals surface area contributed by atoms with Gasteiger partial charge in [-0.2, -0.15) is 0 Å². The Balaban J connectivity index is 1.70. The van der Waals surface area contributed by atoms with Gasteiger partial charge >= 0.3 is 6.03 Å². The van der Waals surface area contributed by atoms with Gasteiger partial charge in [0.25, 0.3) is 0 Å². The van der Waals surface area contributed by atoms with Crippen LogP contribution in [0.25, 0.3) is 0 Å². The molecule has 1 aliphatic heterocycles. The first-order valence-corrected chi connectivity index (χ1v) is 6.36. The molecule has 2 fully saturated rings. The number of nitrogens with one attached hydrogen (secondary N) is 2. The molecule has 0 radical (unpaired) electrons. The van der Waals surface area contributed by atoms with Crippen molar-refractivity contribution in [1.29, 1.82) is 0 Å². The number of amides is 2. The van der Waals surface area contributed by atoms with Gasteiger partial charge in [0.15, 0.2) is 0 Å². The first-order chi connectivity index (χ1) is 8.15. The van der Waals surface area contributed by atoms with Crippen molar-refractivity contribution in [3.8, 4) is 0 Å². The van der Waals surface area contributed by atoms with E-state index in [0.717, 1.165) is 25.9 Å². The smallest absolute Gasteiger partial charge is 0.315 e. The van der Waals surface area contributed by atoms with Crippen molar-refractivity contribution in [3.05, 3.63) is 0 Å². The normalized spacial score (nSPS) is 30.7. The molecule has 1 heterocycles. The number of ether oxygens (including phenoxy) is 2. The second kappa shape index (κ2) is 5.23. The lowest BCUT2D eigenvalue weighted by atomic mass is 9.80. The van der Waals surface area contributed by atoms with Crippen molar-refractivity contribution < 1.29 is 14.3 Å². The average molecular weight is 242 g/mol. The van der Waals surface area contributed by atoms with Crippen LogP contribution in [0, 0.1) is 0 Å². The highest BCUT2D eigenvalue weighted by molar-refractivity contribution is 5.74. The lowest BCUT2D eigenvalue weighted by Crippen LogP contribution is -2.53. The Bertz CT molecular complexity index is 273. The quantitative estimate of drug-likeness (QED) is 0.774. The molecule has 98 valence electrons. The van der Waals surface area contributed by atoms with Crippen molar-refractivity contribution >= 4 is 6.03 Å². The van der Waals surface area contributed by atoms with Gasteiger partial charge in [-0.1, -0.05) is 0 Å². The number of carbonyl (C=O) groups is 1. The predicted molar refractivity (Wildman–Crippen MR) is 63.9 cm³/mol. The maximum atomic E-state index is 11.7. The van der Waals surface area contributed by atoms with E-state index in [2.05, 4.69) is 10.6 Å². The van der Waals surface area contributed by atoms with Crippen molar-refractivity contribution in [2.45, 2.75) is 50.4 Å². The molecule has 1 saturated carbocycles. The summed E-state index contributed by atoms with van der Waals surface area (Å²) < 4.78 is 10.8. The summed E-state index contributed by atoms with van der Waals surface area (Å²) in [5.74, 6) is 0. The number of rotatable bonds is 4. The van der Waals surface area contributed by atoms with E-state index >= 15 is 0 Å². The zero-order valence-corrected chi connectivity index (χ0v) is 10.6. The van der Waals surface area contributed by atoms with Crippen LogP contribution in [0.1, 0.15) is 32.6 Å². The van der Waals surface area contributed by atoms with Crippen LogP contribution < -0.4 is 10.6 Å². The Morgan fingerprint density at radius 1 is 1.53 bits per heavy atom. The highest BCUT2D eigenvalue weighted by Crippen LogP contribution is 2.34. The molecule has 1 saturated heterocycles. The minimum atomic E-state index is -0.116. The Morgan fingerprint density at radius 2 is 2.29 bits per heavy atom. The predicted octanol–water partition coefficient (Wildman–Crippen LogP) is 1.03. The zero-order chi connectivity index (χ0) is 12.3. The van der Waals surface area contributed by atoms with Gasteiger partial charge in [0.05, 0.1) is 17.7 Å². The van der Waals surface area contributed by atoms with Gasteiger partial charge in [0, 0.05) is 20.3 Å². The standard InChI is InChI=1S/C12H22N2O3/c1-9-10(4-7-17-9)14-11(15)13-8-12(16-2)5-3-6-12/h9-10H,3-8H2,1-2H3,(H2,13,14,15)/t9-,10+/m1/s1. The minimum absolute atomic E-state index is 0.112. The molecule has 2 N–H and O–H groups in total. The molecule has 0 spiro atoms. The lowest BCUT2D eigenvalue weighted by Gasteiger charge is -2.40. The van der Waals surface area contributed by atoms with Crippen LogP contribution in [-0.2, 0) is 9.47 Å². The lowest BCUT2D eigenvalue weighted by molar-refractivity contribution is -0.0674. The van der Waals surface area contributed by atoms with Gasteiger partial charge in [0.1, 0.15) is 0 Å². The maximum absolute atomic E-state index is 11.7. The summed E-state index contributed by atoms with van der Waals surface area (Å²) in [6, 6.07) is 0.0190. The van der Waals surface area contributed by atoms with Gasteiger partial charge < -0.3 is 20.1 Å². The van der Waals surface area contributed by atoms with E-state index < -0.39 is 0 Å². The van der Waals surface area contributed by atoms with Gasteiger partial charge in [-0.15, -0.1) is 0 Å². The molecule has 2 rings (SSSR count). The fourth-order valence-electron chi connectivity index (χ4n) is 2.41. The van der Waals surface area contributed by atoms with E-state index in [-0.39, 0.29) is 23.8 Å². The van der Waals surface area contributed by atoms with E-state index in [4.69, 9.17) is 9.47 Å². The summed E-state index contributed by atoms with van der Waals surface area (Å²) in [4.78, 5) is 11.7. The second-order valence-electron chi connectivity index (χ2n) is 5.04. The van der Waals surface area contributed by atoms with Crippen LogP contribution in [0.2, 0.25) is 0 Å². The van der Waals surface area contributed by atoms with Gasteiger partial charge in [0.2, 0.25) is 0 Å². The Labute approximate surface area is 102 Å². The SMILES string of the molecule is COC1(CNC(=O)N[C@H]2CCO[C@@H]2C)CCC1. The fourth-order valence-corrected chi connectivity index (χ4v) is 2.41. The molecule has 5 nitrogen and oxygen atoms in total. The van der Waals surface area contributed by atoms with Gasteiger partial charge in [-0.3, -0.25) is 0 Å². The van der Waals surface area contributed by atoms with Crippen LogP contribution >= 0.6 is 0 Å². The van der Waals surface area contributed by atoms with Crippen molar-refractivity contribution in [1.82, 2.24) is 10.6 Å². The number of carbonyl (C=O) groups excluding carboxylic acids is 1. The molecule has 0 unspecified atom stereocenters. The molecule has 0 aromatic rings. The summed E-state index contributed by atoms with van der Waals surface area (Å²) in [6.45, 7) is 3.31. The summed E-state index contributed by atoms with van der Waals surface area (Å²) >= 11 is 0. The Hall–Kier alpha value is -0.810. The number of hydrogen-bond acceptors (Lipinski definition) is 3. The number of urea groups is 1.